The lowest BCUT2D eigenvalue weighted by atomic mass is 9.82. The van der Waals surface area contributed by atoms with Crippen LogP contribution in [0.25, 0.3) is 11.0 Å². The molecule has 2 aliphatic heterocycles. The molecule has 5 rings (SSSR count). The van der Waals surface area contributed by atoms with Gasteiger partial charge < -0.3 is 9.42 Å². The van der Waals surface area contributed by atoms with Gasteiger partial charge in [0.15, 0.2) is 0 Å². The summed E-state index contributed by atoms with van der Waals surface area (Å²) in [6.07, 6.45) is 2.42. The maximum absolute atomic E-state index is 12.8. The number of nitrogens with zero attached hydrogens (tertiary/aromatic N) is 5. The van der Waals surface area contributed by atoms with E-state index in [2.05, 4.69) is 26.3 Å². The second kappa shape index (κ2) is 8.16. The van der Waals surface area contributed by atoms with Crippen LogP contribution in [0.3, 0.4) is 0 Å². The van der Waals surface area contributed by atoms with Crippen molar-refractivity contribution in [3.63, 3.8) is 0 Å². The lowest BCUT2D eigenvalue weighted by Gasteiger charge is -2.36. The molecule has 158 valence electrons. The highest BCUT2D eigenvalue weighted by Crippen LogP contribution is 2.32. The van der Waals surface area contributed by atoms with Crippen LogP contribution in [0, 0.1) is 12.8 Å². The molecule has 2 N–H and O–H groups in total. The Labute approximate surface area is 174 Å². The third kappa shape index (κ3) is 3.70. The van der Waals surface area contributed by atoms with Gasteiger partial charge in [0.05, 0.1) is 23.7 Å². The first-order chi connectivity index (χ1) is 14.7. The third-order valence-corrected chi connectivity index (χ3v) is 6.39. The van der Waals surface area contributed by atoms with Crippen LogP contribution < -0.4 is 10.9 Å². The van der Waals surface area contributed by atoms with Crippen molar-refractivity contribution in [3.05, 3.63) is 41.8 Å². The first-order valence-electron chi connectivity index (χ1n) is 10.7. The number of benzene rings is 1. The number of hydrogen-bond acceptors (Lipinski definition) is 7. The van der Waals surface area contributed by atoms with E-state index in [1.165, 1.54) is 0 Å². The molecule has 9 heteroatoms. The van der Waals surface area contributed by atoms with E-state index in [0.29, 0.717) is 24.9 Å². The Bertz CT molecular complexity index is 1020. The molecule has 2 aromatic heterocycles. The number of aryl methyl sites for hydroxylation is 2. The lowest BCUT2D eigenvalue weighted by Crippen LogP contribution is -2.45. The highest BCUT2D eigenvalue weighted by atomic mass is 16.5. The standard InChI is InChI=1S/C21H27N7O2/c1-14-12-19(30-25-14)16-13-22-24-21(16)15-6-9-27(10-7-15)20(29)8-11-28-18-5-3-2-4-17(18)23-26-28/h2-5,12,15-16,21-22,24H,6-11,13H2,1H3. The summed E-state index contributed by atoms with van der Waals surface area (Å²) in [5, 5.41) is 12.4. The molecule has 2 fully saturated rings. The number of nitrogens with one attached hydrogen (secondary N) is 2. The van der Waals surface area contributed by atoms with Crippen LogP contribution in [0.5, 0.6) is 0 Å². The van der Waals surface area contributed by atoms with Crippen LogP contribution in [-0.2, 0) is 11.3 Å². The van der Waals surface area contributed by atoms with Gasteiger partial charge >= 0.3 is 0 Å². The van der Waals surface area contributed by atoms with Crippen molar-refractivity contribution in [1.82, 2.24) is 35.9 Å². The van der Waals surface area contributed by atoms with Gasteiger partial charge in [0.25, 0.3) is 0 Å². The van der Waals surface area contributed by atoms with E-state index in [0.717, 1.165) is 55.0 Å². The van der Waals surface area contributed by atoms with Crippen molar-refractivity contribution in [3.8, 4) is 0 Å². The number of hydrogen-bond donors (Lipinski definition) is 2. The summed E-state index contributed by atoms with van der Waals surface area (Å²) in [5.74, 6) is 1.90. The van der Waals surface area contributed by atoms with Gasteiger partial charge in [0, 0.05) is 38.2 Å². The molecule has 0 saturated carbocycles. The maximum Gasteiger partial charge on any atom is 0.224 e. The Morgan fingerprint density at radius 3 is 2.90 bits per heavy atom. The number of para-hydroxylation sites is 1. The van der Waals surface area contributed by atoms with Crippen molar-refractivity contribution >= 4 is 16.9 Å². The number of fused-ring (bicyclic) bond motifs is 1. The molecule has 1 amide bonds. The number of piperidine rings is 1. The average Bonchev–Trinajstić information content (AvgIpc) is 3.51. The minimum Gasteiger partial charge on any atom is -0.361 e. The van der Waals surface area contributed by atoms with Crippen molar-refractivity contribution in [1.29, 1.82) is 0 Å². The van der Waals surface area contributed by atoms with Crippen LogP contribution >= 0.6 is 0 Å². The molecular formula is C21H27N7O2. The Balaban J connectivity index is 1.15. The van der Waals surface area contributed by atoms with E-state index in [1.54, 1.807) is 0 Å². The fraction of sp³-hybridized carbons (Fsp3) is 0.524. The number of rotatable bonds is 5. The Kier molecular flexibility index (Phi) is 5.22. The van der Waals surface area contributed by atoms with Crippen LogP contribution in [0.4, 0.5) is 0 Å². The molecule has 9 nitrogen and oxygen atoms in total. The SMILES string of the molecule is Cc1cc(C2CNNC2C2CCN(C(=O)CCn3nnc4ccccc43)CC2)on1. The monoisotopic (exact) mass is 409 g/mol. The summed E-state index contributed by atoms with van der Waals surface area (Å²) >= 11 is 0. The minimum atomic E-state index is 0.188. The lowest BCUT2D eigenvalue weighted by molar-refractivity contribution is -0.133. The molecular weight excluding hydrogens is 382 g/mol. The maximum atomic E-state index is 12.8. The summed E-state index contributed by atoms with van der Waals surface area (Å²) < 4.78 is 7.34. The smallest absolute Gasteiger partial charge is 0.224 e. The van der Waals surface area contributed by atoms with E-state index in [-0.39, 0.29) is 11.8 Å². The second-order valence-electron chi connectivity index (χ2n) is 8.30. The van der Waals surface area contributed by atoms with Crippen LogP contribution in [0.2, 0.25) is 0 Å². The van der Waals surface area contributed by atoms with Crippen LogP contribution in [0.1, 0.15) is 36.6 Å². The number of amides is 1. The largest absolute Gasteiger partial charge is 0.361 e. The molecule has 3 aromatic rings. The molecule has 2 atom stereocenters. The fourth-order valence-corrected chi connectivity index (χ4v) is 4.75. The van der Waals surface area contributed by atoms with Gasteiger partial charge in [-0.2, -0.15) is 0 Å². The van der Waals surface area contributed by atoms with Crippen molar-refractivity contribution in [2.45, 2.75) is 44.7 Å². The van der Waals surface area contributed by atoms with E-state index in [1.807, 2.05) is 46.8 Å². The Morgan fingerprint density at radius 2 is 2.10 bits per heavy atom. The van der Waals surface area contributed by atoms with Gasteiger partial charge in [-0.15, -0.1) is 5.10 Å². The van der Waals surface area contributed by atoms with Crippen molar-refractivity contribution in [2.24, 2.45) is 5.92 Å². The van der Waals surface area contributed by atoms with Crippen molar-refractivity contribution < 1.29 is 9.32 Å². The molecule has 0 bridgehead atoms. The van der Waals surface area contributed by atoms with Gasteiger partial charge in [-0.3, -0.25) is 15.6 Å². The summed E-state index contributed by atoms with van der Waals surface area (Å²) in [5.41, 5.74) is 9.45. The zero-order valence-corrected chi connectivity index (χ0v) is 17.1. The first kappa shape index (κ1) is 19.2. The van der Waals surface area contributed by atoms with E-state index in [4.69, 9.17) is 4.52 Å². The molecule has 1 aromatic carbocycles. The summed E-state index contributed by atoms with van der Waals surface area (Å²) in [6, 6.07) is 10.2. The summed E-state index contributed by atoms with van der Waals surface area (Å²) in [7, 11) is 0. The second-order valence-corrected chi connectivity index (χ2v) is 8.30. The van der Waals surface area contributed by atoms with Crippen molar-refractivity contribution in [2.75, 3.05) is 19.6 Å². The number of aromatic nitrogens is 4. The van der Waals surface area contributed by atoms with Gasteiger partial charge in [-0.25, -0.2) is 4.68 Å². The molecule has 2 saturated heterocycles. The minimum absolute atomic E-state index is 0.188. The van der Waals surface area contributed by atoms with Gasteiger partial charge in [0.2, 0.25) is 5.91 Å². The highest BCUT2D eigenvalue weighted by Gasteiger charge is 2.38. The molecule has 0 radical (unpaired) electrons. The first-order valence-corrected chi connectivity index (χ1v) is 10.7. The van der Waals surface area contributed by atoms with Crippen LogP contribution in [0.15, 0.2) is 34.9 Å². The van der Waals surface area contributed by atoms with Crippen LogP contribution in [-0.4, -0.2) is 56.6 Å². The predicted octanol–water partition coefficient (Wildman–Crippen LogP) is 1.62. The Morgan fingerprint density at radius 1 is 1.27 bits per heavy atom. The van der Waals surface area contributed by atoms with E-state index in [9.17, 15) is 4.79 Å². The highest BCUT2D eigenvalue weighted by molar-refractivity contribution is 5.77. The van der Waals surface area contributed by atoms with Gasteiger partial charge in [0.1, 0.15) is 11.3 Å². The zero-order chi connectivity index (χ0) is 20.5. The number of likely N-dealkylation sites (tertiary alicyclic amines) is 1. The number of carbonyl (C=O) groups is 1. The molecule has 30 heavy (non-hydrogen) atoms. The molecule has 2 aliphatic rings. The zero-order valence-electron chi connectivity index (χ0n) is 17.1. The molecule has 4 heterocycles. The molecule has 2 unspecified atom stereocenters. The average molecular weight is 409 g/mol. The fourth-order valence-electron chi connectivity index (χ4n) is 4.75. The van der Waals surface area contributed by atoms with Gasteiger partial charge in [-0.1, -0.05) is 22.5 Å². The Hall–Kier alpha value is -2.78. The summed E-state index contributed by atoms with van der Waals surface area (Å²) in [6.45, 7) is 4.93. The topological polar surface area (TPSA) is 101 Å². The normalized spacial score (nSPS) is 22.8. The predicted molar refractivity (Wildman–Crippen MR) is 110 cm³/mol. The molecule has 0 aliphatic carbocycles. The van der Waals surface area contributed by atoms with E-state index < -0.39 is 0 Å². The third-order valence-electron chi connectivity index (χ3n) is 6.39. The molecule has 0 spiro atoms. The quantitative estimate of drug-likeness (QED) is 0.660. The number of carbonyl (C=O) groups excluding carboxylic acids is 1. The summed E-state index contributed by atoms with van der Waals surface area (Å²) in [4.78, 5) is 14.8. The van der Waals surface area contributed by atoms with Gasteiger partial charge in [-0.05, 0) is 37.8 Å². The van der Waals surface area contributed by atoms with E-state index >= 15 is 0 Å². The number of hydrazine groups is 1.